The first-order valence-electron chi connectivity index (χ1n) is 7.13. The third-order valence-corrected chi connectivity index (χ3v) is 1.88. The molecule has 0 unspecified atom stereocenters. The largest absolute Gasteiger partial charge is 0.889 e. The van der Waals surface area contributed by atoms with Gasteiger partial charge < -0.3 is 19.8 Å². The molecule has 0 fully saturated rings. The molecule has 1 aromatic rings. The van der Waals surface area contributed by atoms with Crippen molar-refractivity contribution >= 4 is 12.6 Å². The van der Waals surface area contributed by atoms with Gasteiger partial charge in [0, 0.05) is 0 Å². The lowest BCUT2D eigenvalue weighted by molar-refractivity contribution is -0.836. The van der Waals surface area contributed by atoms with Crippen molar-refractivity contribution in [3.8, 4) is 0 Å². The number of benzene rings is 1. The molecular weight excluding hydrogens is 353 g/mol. The molecular formula is C14H23BF6N2O2. The molecule has 1 rings (SSSR count). The number of halogens is 6. The first-order valence-corrected chi connectivity index (χ1v) is 7.13. The molecule has 0 saturated carbocycles. The first kappa shape index (κ1) is 25.9. The summed E-state index contributed by atoms with van der Waals surface area (Å²) in [5.74, 6) is 0. The van der Waals surface area contributed by atoms with Crippen LogP contribution in [-0.4, -0.2) is 49.4 Å². The summed E-state index contributed by atoms with van der Waals surface area (Å²) in [6, 6.07) is 0.103. The zero-order valence-corrected chi connectivity index (χ0v) is 14.9. The van der Waals surface area contributed by atoms with Gasteiger partial charge in [0.2, 0.25) is 0 Å². The summed E-state index contributed by atoms with van der Waals surface area (Å²) < 4.78 is 73.4. The van der Waals surface area contributed by atoms with Crippen LogP contribution in [0.5, 0.6) is 0 Å². The molecule has 0 aliphatic rings. The third kappa shape index (κ3) is 13.6. The van der Waals surface area contributed by atoms with Gasteiger partial charge in [-0.05, 0) is 6.07 Å². The lowest BCUT2D eigenvalue weighted by Crippen LogP contribution is -3.02. The van der Waals surface area contributed by atoms with E-state index in [2.05, 4.69) is 42.3 Å². The maximum atomic E-state index is 12.2. The monoisotopic (exact) mass is 376 g/mol. The van der Waals surface area contributed by atoms with Gasteiger partial charge in [-0.2, -0.15) is 26.3 Å². The first-order chi connectivity index (χ1) is 11.0. The zero-order chi connectivity index (χ0) is 20.6. The highest BCUT2D eigenvalue weighted by molar-refractivity contribution is 6.55. The topological polar surface area (TPSA) is 55.0 Å². The van der Waals surface area contributed by atoms with Crippen molar-refractivity contribution < 1.29 is 46.2 Å². The minimum atomic E-state index is -5.05. The Morgan fingerprint density at radius 1 is 0.680 bits per heavy atom. The van der Waals surface area contributed by atoms with E-state index in [1.165, 1.54) is 9.80 Å². The van der Waals surface area contributed by atoms with Gasteiger partial charge in [0.1, 0.15) is 0 Å². The van der Waals surface area contributed by atoms with E-state index in [1.807, 2.05) is 0 Å². The maximum absolute atomic E-state index is 12.2. The molecule has 0 atom stereocenters. The second kappa shape index (κ2) is 10.6. The van der Waals surface area contributed by atoms with E-state index in [0.717, 1.165) is 0 Å². The standard InChI is InChI=1S/C8H3BF6O2.2C3H9N/c10-7(11,12)4-1-5(8(13,14)15)3-6(2-4)9(16)17;2*1-4(2)3/h1-3H;2*1-3H3/q-2;;/p+2. The van der Waals surface area contributed by atoms with Crippen molar-refractivity contribution in [3.05, 3.63) is 29.3 Å². The fraction of sp³-hybridized carbons (Fsp3) is 0.571. The van der Waals surface area contributed by atoms with Crippen molar-refractivity contribution in [3.63, 3.8) is 0 Å². The molecule has 146 valence electrons. The molecule has 2 N–H and O–H groups in total. The summed E-state index contributed by atoms with van der Waals surface area (Å²) in [5.41, 5.74) is -4.43. The van der Waals surface area contributed by atoms with Gasteiger partial charge in [-0.15, -0.1) is 5.46 Å². The number of hydrogen-bond acceptors (Lipinski definition) is 2. The Kier molecular flexibility index (Phi) is 11.0. The number of alkyl halides is 6. The quantitative estimate of drug-likeness (QED) is 0.427. The van der Waals surface area contributed by atoms with E-state index >= 15 is 0 Å². The van der Waals surface area contributed by atoms with Crippen LogP contribution in [0.2, 0.25) is 0 Å². The van der Waals surface area contributed by atoms with Crippen LogP contribution in [0.25, 0.3) is 0 Å². The fourth-order valence-corrected chi connectivity index (χ4v) is 1.12. The molecule has 25 heavy (non-hydrogen) atoms. The normalized spacial score (nSPS) is 11.5. The van der Waals surface area contributed by atoms with Gasteiger partial charge in [-0.1, -0.05) is 19.3 Å². The summed E-state index contributed by atoms with van der Waals surface area (Å²) in [7, 11) is 9.60. The van der Waals surface area contributed by atoms with Gasteiger partial charge in [-0.3, -0.25) is 0 Å². The molecule has 4 nitrogen and oxygen atoms in total. The van der Waals surface area contributed by atoms with Gasteiger partial charge in [0.25, 0.3) is 0 Å². The average molecular weight is 376 g/mol. The van der Waals surface area contributed by atoms with Gasteiger partial charge >= 0.3 is 12.4 Å². The van der Waals surface area contributed by atoms with Crippen LogP contribution in [0.15, 0.2) is 18.2 Å². The predicted octanol–water partition coefficient (Wildman–Crippen LogP) is -2.34. The Balaban J connectivity index is 0. The van der Waals surface area contributed by atoms with Gasteiger partial charge in [0.05, 0.1) is 53.4 Å². The second-order valence-electron chi connectivity index (χ2n) is 6.17. The Hall–Kier alpha value is -1.30. The molecule has 0 aliphatic carbocycles. The smallest absolute Gasteiger partial charge is 0.416 e. The lowest BCUT2D eigenvalue weighted by Gasteiger charge is -2.28. The van der Waals surface area contributed by atoms with E-state index in [4.69, 9.17) is 0 Å². The predicted molar refractivity (Wildman–Crippen MR) is 79.3 cm³/mol. The lowest BCUT2D eigenvalue weighted by atomic mass is 9.78. The molecule has 0 amide bonds. The average Bonchev–Trinajstić information content (AvgIpc) is 2.34. The summed E-state index contributed by atoms with van der Waals surface area (Å²) >= 11 is 0. The summed E-state index contributed by atoms with van der Waals surface area (Å²) in [6.45, 7) is 0. The number of rotatable bonds is 1. The molecule has 0 bridgehead atoms. The highest BCUT2D eigenvalue weighted by Crippen LogP contribution is 2.34. The maximum Gasteiger partial charge on any atom is 0.416 e. The minimum absolute atomic E-state index is 0.125. The summed E-state index contributed by atoms with van der Waals surface area (Å²) in [5, 5.41) is 20.8. The van der Waals surface area contributed by atoms with Crippen LogP contribution in [0, 0.1) is 0 Å². The van der Waals surface area contributed by atoms with Crippen LogP contribution in [0.3, 0.4) is 0 Å². The van der Waals surface area contributed by atoms with E-state index < -0.39 is 36.1 Å². The molecule has 1 aromatic carbocycles. The number of quaternary nitrogens is 2. The van der Waals surface area contributed by atoms with Gasteiger partial charge in [-0.25, -0.2) is 0 Å². The van der Waals surface area contributed by atoms with Crippen LogP contribution in [0.1, 0.15) is 11.1 Å². The van der Waals surface area contributed by atoms with Crippen LogP contribution < -0.4 is 25.3 Å². The van der Waals surface area contributed by atoms with E-state index in [0.29, 0.717) is 0 Å². The molecule has 0 aromatic heterocycles. The van der Waals surface area contributed by atoms with Crippen molar-refractivity contribution in [1.29, 1.82) is 0 Å². The SMILES string of the molecule is C[NH+](C)C.C[NH+](C)C.[O-]B([O-])c1cc(C(F)(F)F)cc(C(F)(F)F)c1. The van der Waals surface area contributed by atoms with Crippen molar-refractivity contribution in [1.82, 2.24) is 0 Å². The summed E-state index contributed by atoms with van der Waals surface area (Å²) in [6.07, 6.45) is -10.1. The number of hydrogen-bond donors (Lipinski definition) is 2. The Bertz CT molecular complexity index is 461. The van der Waals surface area contributed by atoms with Crippen molar-refractivity contribution in [2.24, 2.45) is 0 Å². The summed E-state index contributed by atoms with van der Waals surface area (Å²) in [4.78, 5) is 2.83. The second-order valence-corrected chi connectivity index (χ2v) is 6.17. The fourth-order valence-electron chi connectivity index (χ4n) is 1.12. The number of nitrogens with one attached hydrogen (secondary N) is 2. The molecule has 11 heteroatoms. The third-order valence-electron chi connectivity index (χ3n) is 1.88. The highest BCUT2D eigenvalue weighted by Gasteiger charge is 2.36. The van der Waals surface area contributed by atoms with Crippen LogP contribution >= 0.6 is 0 Å². The van der Waals surface area contributed by atoms with Crippen molar-refractivity contribution in [2.75, 3.05) is 42.3 Å². The Morgan fingerprint density at radius 3 is 1.08 bits per heavy atom. The zero-order valence-electron chi connectivity index (χ0n) is 14.9. The molecule has 0 radical (unpaired) electrons. The van der Waals surface area contributed by atoms with Crippen molar-refractivity contribution in [2.45, 2.75) is 12.4 Å². The minimum Gasteiger partial charge on any atom is -0.889 e. The van der Waals surface area contributed by atoms with Gasteiger partial charge in [0.15, 0.2) is 0 Å². The van der Waals surface area contributed by atoms with Crippen LogP contribution in [0.4, 0.5) is 26.3 Å². The Labute approximate surface area is 143 Å². The molecule has 0 heterocycles. The molecule has 0 aliphatic heterocycles. The van der Waals surface area contributed by atoms with E-state index in [1.54, 1.807) is 0 Å². The highest BCUT2D eigenvalue weighted by atomic mass is 19.4. The molecule has 0 saturated heterocycles. The Morgan fingerprint density at radius 2 is 0.920 bits per heavy atom. The van der Waals surface area contributed by atoms with E-state index in [9.17, 15) is 36.4 Å². The molecule has 0 spiro atoms. The van der Waals surface area contributed by atoms with E-state index in [-0.39, 0.29) is 18.2 Å². The van der Waals surface area contributed by atoms with Crippen LogP contribution in [-0.2, 0) is 12.4 Å².